The molecule has 1 amide bonds. The zero-order valence-electron chi connectivity index (χ0n) is 12.5. The van der Waals surface area contributed by atoms with Gasteiger partial charge in [-0.1, -0.05) is 43.4 Å². The van der Waals surface area contributed by atoms with E-state index >= 15 is 0 Å². The summed E-state index contributed by atoms with van der Waals surface area (Å²) in [6.45, 7) is 2.18. The van der Waals surface area contributed by atoms with Crippen molar-refractivity contribution in [2.45, 2.75) is 45.4 Å². The molecule has 0 bridgehead atoms. The first kappa shape index (κ1) is 15.5. The average Bonchev–Trinajstić information content (AvgIpc) is 2.72. The maximum absolute atomic E-state index is 12.1. The third-order valence-corrected chi connectivity index (χ3v) is 4.42. The van der Waals surface area contributed by atoms with Gasteiger partial charge in [0.1, 0.15) is 0 Å². The number of nitrogens with one attached hydrogen (secondary N) is 1. The number of carbonyl (C=O) groups is 2. The van der Waals surface area contributed by atoms with E-state index in [1.165, 1.54) is 0 Å². The molecule has 2 N–H and O–H groups in total. The lowest BCUT2D eigenvalue weighted by Crippen LogP contribution is -2.42. The Hall–Kier alpha value is -1.84. The zero-order valence-corrected chi connectivity index (χ0v) is 12.5. The predicted octanol–water partition coefficient (Wildman–Crippen LogP) is 3.15. The van der Waals surface area contributed by atoms with Crippen molar-refractivity contribution in [3.63, 3.8) is 0 Å². The van der Waals surface area contributed by atoms with Gasteiger partial charge in [0.25, 0.3) is 5.91 Å². The van der Waals surface area contributed by atoms with Crippen LogP contribution in [0.5, 0.6) is 0 Å². The van der Waals surface area contributed by atoms with Crippen LogP contribution in [0.25, 0.3) is 0 Å². The van der Waals surface area contributed by atoms with Crippen LogP contribution in [0.4, 0.5) is 0 Å². The van der Waals surface area contributed by atoms with Gasteiger partial charge in [-0.3, -0.25) is 9.59 Å². The van der Waals surface area contributed by atoms with Gasteiger partial charge in [-0.25, -0.2) is 0 Å². The third kappa shape index (κ3) is 3.84. The number of aryl methyl sites for hydroxylation is 1. The van der Waals surface area contributed by atoms with Crippen LogP contribution in [0, 0.1) is 12.3 Å². The molecule has 0 radical (unpaired) electrons. The van der Waals surface area contributed by atoms with Crippen LogP contribution in [0.3, 0.4) is 0 Å². The Kier molecular flexibility index (Phi) is 4.99. The molecular formula is C17H23NO3. The fourth-order valence-electron chi connectivity index (χ4n) is 2.93. The molecule has 0 aromatic heterocycles. The van der Waals surface area contributed by atoms with Crippen molar-refractivity contribution >= 4 is 11.9 Å². The molecule has 1 fully saturated rings. The quantitative estimate of drug-likeness (QED) is 0.837. The van der Waals surface area contributed by atoms with Gasteiger partial charge in [-0.05, 0) is 31.9 Å². The molecule has 2 rings (SSSR count). The van der Waals surface area contributed by atoms with E-state index < -0.39 is 11.4 Å². The summed E-state index contributed by atoms with van der Waals surface area (Å²) >= 11 is 0. The Morgan fingerprint density at radius 3 is 2.19 bits per heavy atom. The van der Waals surface area contributed by atoms with E-state index in [1.54, 1.807) is 12.1 Å². The van der Waals surface area contributed by atoms with E-state index in [9.17, 15) is 14.7 Å². The molecule has 0 spiro atoms. The number of amides is 1. The first-order valence-corrected chi connectivity index (χ1v) is 7.62. The number of rotatable bonds is 4. The van der Waals surface area contributed by atoms with Crippen molar-refractivity contribution in [2.24, 2.45) is 5.41 Å². The summed E-state index contributed by atoms with van der Waals surface area (Å²) in [5.41, 5.74) is 0.878. The normalized spacial score (nSPS) is 17.8. The number of benzene rings is 1. The topological polar surface area (TPSA) is 66.4 Å². The summed E-state index contributed by atoms with van der Waals surface area (Å²) in [5.74, 6) is -0.978. The maximum Gasteiger partial charge on any atom is 0.311 e. The van der Waals surface area contributed by atoms with Crippen molar-refractivity contribution < 1.29 is 14.7 Å². The minimum Gasteiger partial charge on any atom is -0.481 e. The molecule has 1 aliphatic rings. The van der Waals surface area contributed by atoms with E-state index in [1.807, 2.05) is 19.1 Å². The lowest BCUT2D eigenvalue weighted by Gasteiger charge is -2.28. The molecule has 1 aliphatic carbocycles. The highest BCUT2D eigenvalue weighted by Crippen LogP contribution is 2.34. The number of hydrogen-bond acceptors (Lipinski definition) is 2. The second-order valence-electron chi connectivity index (χ2n) is 6.05. The monoisotopic (exact) mass is 289 g/mol. The lowest BCUT2D eigenvalue weighted by molar-refractivity contribution is -0.149. The summed E-state index contributed by atoms with van der Waals surface area (Å²) in [4.78, 5) is 23.8. The van der Waals surface area contributed by atoms with Crippen LogP contribution in [0.15, 0.2) is 24.3 Å². The largest absolute Gasteiger partial charge is 0.481 e. The molecule has 114 valence electrons. The molecule has 0 aliphatic heterocycles. The smallest absolute Gasteiger partial charge is 0.311 e. The Morgan fingerprint density at radius 1 is 1.10 bits per heavy atom. The summed E-state index contributed by atoms with van der Waals surface area (Å²) < 4.78 is 0. The third-order valence-electron chi connectivity index (χ3n) is 4.42. The van der Waals surface area contributed by atoms with Gasteiger partial charge >= 0.3 is 5.97 Å². The fourth-order valence-corrected chi connectivity index (χ4v) is 2.93. The maximum atomic E-state index is 12.1. The standard InChI is InChI=1S/C17H23NO3/c1-13-6-8-14(9-7-13)15(19)18-12-17(16(20)21)10-4-2-3-5-11-17/h6-9H,2-5,10-12H2,1H3,(H,18,19)(H,20,21). The molecule has 0 heterocycles. The minimum absolute atomic E-state index is 0.195. The molecule has 1 saturated carbocycles. The van der Waals surface area contributed by atoms with Crippen LogP contribution < -0.4 is 5.32 Å². The van der Waals surface area contributed by atoms with Gasteiger partial charge in [0.2, 0.25) is 0 Å². The Labute approximate surface area is 125 Å². The van der Waals surface area contributed by atoms with Crippen LogP contribution in [0.1, 0.15) is 54.4 Å². The molecule has 0 saturated heterocycles. The van der Waals surface area contributed by atoms with E-state index in [4.69, 9.17) is 0 Å². The summed E-state index contributed by atoms with van der Waals surface area (Å²) in [6.07, 6.45) is 5.31. The summed E-state index contributed by atoms with van der Waals surface area (Å²) in [5, 5.41) is 12.4. The van der Waals surface area contributed by atoms with Crippen LogP contribution in [0.2, 0.25) is 0 Å². The van der Waals surface area contributed by atoms with Crippen LogP contribution in [-0.2, 0) is 4.79 Å². The van der Waals surface area contributed by atoms with E-state index in [2.05, 4.69) is 5.32 Å². The molecule has 4 nitrogen and oxygen atoms in total. The number of hydrogen-bond donors (Lipinski definition) is 2. The second-order valence-corrected chi connectivity index (χ2v) is 6.05. The van der Waals surface area contributed by atoms with Crippen molar-refractivity contribution in [3.8, 4) is 0 Å². The van der Waals surface area contributed by atoms with Crippen molar-refractivity contribution in [2.75, 3.05) is 6.54 Å². The molecule has 1 aromatic rings. The summed E-state index contributed by atoms with van der Waals surface area (Å²) in [7, 11) is 0. The molecule has 0 atom stereocenters. The van der Waals surface area contributed by atoms with Crippen molar-refractivity contribution in [1.82, 2.24) is 5.32 Å². The molecule has 0 unspecified atom stereocenters. The number of aliphatic carboxylic acids is 1. The number of carboxylic acid groups (broad SMARTS) is 1. The first-order valence-electron chi connectivity index (χ1n) is 7.62. The van der Waals surface area contributed by atoms with Crippen LogP contribution >= 0.6 is 0 Å². The van der Waals surface area contributed by atoms with E-state index in [-0.39, 0.29) is 12.5 Å². The summed E-state index contributed by atoms with van der Waals surface area (Å²) in [6, 6.07) is 7.30. The second kappa shape index (κ2) is 6.74. The first-order chi connectivity index (χ1) is 10.0. The molecular weight excluding hydrogens is 266 g/mol. The SMILES string of the molecule is Cc1ccc(C(=O)NCC2(C(=O)O)CCCCCC2)cc1. The van der Waals surface area contributed by atoms with E-state index in [0.717, 1.165) is 31.2 Å². The number of carbonyl (C=O) groups excluding carboxylic acids is 1. The lowest BCUT2D eigenvalue weighted by atomic mass is 9.80. The zero-order chi connectivity index (χ0) is 15.3. The Morgan fingerprint density at radius 2 is 1.67 bits per heavy atom. The van der Waals surface area contributed by atoms with Crippen molar-refractivity contribution in [3.05, 3.63) is 35.4 Å². The minimum atomic E-state index is -0.795. The van der Waals surface area contributed by atoms with Crippen molar-refractivity contribution in [1.29, 1.82) is 0 Å². The Balaban J connectivity index is 2.02. The molecule has 21 heavy (non-hydrogen) atoms. The predicted molar refractivity (Wildman–Crippen MR) is 81.3 cm³/mol. The van der Waals surface area contributed by atoms with Gasteiger partial charge in [-0.15, -0.1) is 0 Å². The number of carboxylic acids is 1. The average molecular weight is 289 g/mol. The van der Waals surface area contributed by atoms with Gasteiger partial charge in [0.05, 0.1) is 5.41 Å². The highest BCUT2D eigenvalue weighted by Gasteiger charge is 2.38. The van der Waals surface area contributed by atoms with Gasteiger partial charge in [0, 0.05) is 12.1 Å². The van der Waals surface area contributed by atoms with Gasteiger partial charge in [0.15, 0.2) is 0 Å². The Bertz CT molecular complexity index is 499. The van der Waals surface area contributed by atoms with Crippen LogP contribution in [-0.4, -0.2) is 23.5 Å². The van der Waals surface area contributed by atoms with Gasteiger partial charge in [-0.2, -0.15) is 0 Å². The molecule has 4 heteroatoms. The highest BCUT2D eigenvalue weighted by molar-refractivity contribution is 5.94. The molecule has 1 aromatic carbocycles. The van der Waals surface area contributed by atoms with Gasteiger partial charge < -0.3 is 10.4 Å². The van der Waals surface area contributed by atoms with E-state index in [0.29, 0.717) is 18.4 Å². The highest BCUT2D eigenvalue weighted by atomic mass is 16.4. The fraction of sp³-hybridized carbons (Fsp3) is 0.529.